The molecule has 0 heterocycles. The highest BCUT2D eigenvalue weighted by Crippen LogP contribution is 2.38. The number of hydrogen-bond donors (Lipinski definition) is 1. The molecule has 0 aromatic carbocycles. The van der Waals surface area contributed by atoms with Gasteiger partial charge in [0.1, 0.15) is 0 Å². The fraction of sp³-hybridized carbons (Fsp3) is 1.00. The van der Waals surface area contributed by atoms with Crippen LogP contribution in [-0.2, 0) is 4.74 Å². The summed E-state index contributed by atoms with van der Waals surface area (Å²) < 4.78 is 6.05. The smallest absolute Gasteiger partial charge is 0.0833 e. The Bertz CT molecular complexity index is 256. The SMILES string of the molecule is CCCCCCCCCC(NC)C1(OC)CCCC(C)C1. The van der Waals surface area contributed by atoms with Gasteiger partial charge in [0.2, 0.25) is 0 Å². The standard InChI is InChI=1S/C19H39NO/c1-5-6-7-8-9-10-11-14-18(20-3)19(21-4)15-12-13-17(2)16-19/h17-18,20H,5-16H2,1-4H3. The summed E-state index contributed by atoms with van der Waals surface area (Å²) in [5, 5.41) is 3.57. The van der Waals surface area contributed by atoms with Crippen LogP contribution in [0.3, 0.4) is 0 Å². The molecule has 0 saturated heterocycles. The van der Waals surface area contributed by atoms with E-state index in [1.54, 1.807) is 0 Å². The highest BCUT2D eigenvalue weighted by atomic mass is 16.5. The molecule has 1 rings (SSSR count). The molecule has 0 radical (unpaired) electrons. The first-order valence-corrected chi connectivity index (χ1v) is 9.41. The Morgan fingerprint density at radius 1 is 1.14 bits per heavy atom. The quantitative estimate of drug-likeness (QED) is 0.522. The molecule has 2 heteroatoms. The van der Waals surface area contributed by atoms with Crippen molar-refractivity contribution in [3.8, 4) is 0 Å². The number of hydrogen-bond acceptors (Lipinski definition) is 2. The van der Waals surface area contributed by atoms with Crippen molar-refractivity contribution in [2.75, 3.05) is 14.2 Å². The Balaban J connectivity index is 2.31. The molecule has 1 N–H and O–H groups in total. The average molecular weight is 298 g/mol. The first kappa shape index (κ1) is 19.0. The van der Waals surface area contributed by atoms with E-state index in [0.717, 1.165) is 5.92 Å². The normalized spacial score (nSPS) is 27.7. The Labute approximate surface area is 133 Å². The van der Waals surface area contributed by atoms with Crippen molar-refractivity contribution >= 4 is 0 Å². The number of methoxy groups -OCH3 is 1. The van der Waals surface area contributed by atoms with Gasteiger partial charge in [-0.2, -0.15) is 0 Å². The van der Waals surface area contributed by atoms with Crippen LogP contribution in [0, 0.1) is 5.92 Å². The molecule has 2 nitrogen and oxygen atoms in total. The van der Waals surface area contributed by atoms with Crippen molar-refractivity contribution in [3.63, 3.8) is 0 Å². The predicted octanol–water partition coefficient (Wildman–Crippen LogP) is 5.31. The molecule has 1 aliphatic rings. The summed E-state index contributed by atoms with van der Waals surface area (Å²) in [6.45, 7) is 4.67. The third-order valence-electron chi connectivity index (χ3n) is 5.48. The van der Waals surface area contributed by atoms with E-state index in [4.69, 9.17) is 4.74 Å². The minimum Gasteiger partial charge on any atom is -0.377 e. The second kappa shape index (κ2) is 10.6. The highest BCUT2D eigenvalue weighted by Gasteiger charge is 2.40. The summed E-state index contributed by atoms with van der Waals surface area (Å²) >= 11 is 0. The zero-order valence-electron chi connectivity index (χ0n) is 15.0. The molecule has 3 atom stereocenters. The molecular weight excluding hydrogens is 258 g/mol. The highest BCUT2D eigenvalue weighted by molar-refractivity contribution is 4.96. The molecule has 0 aliphatic heterocycles. The monoisotopic (exact) mass is 297 g/mol. The van der Waals surface area contributed by atoms with Crippen LogP contribution in [-0.4, -0.2) is 25.8 Å². The molecule has 0 spiro atoms. The van der Waals surface area contributed by atoms with Crippen molar-refractivity contribution in [2.24, 2.45) is 5.92 Å². The van der Waals surface area contributed by atoms with Crippen molar-refractivity contribution < 1.29 is 4.74 Å². The molecule has 1 fully saturated rings. The van der Waals surface area contributed by atoms with Gasteiger partial charge in [-0.25, -0.2) is 0 Å². The maximum Gasteiger partial charge on any atom is 0.0833 e. The summed E-state index contributed by atoms with van der Waals surface area (Å²) in [5.74, 6) is 0.809. The van der Waals surface area contributed by atoms with Crippen molar-refractivity contribution in [1.29, 1.82) is 0 Å². The third kappa shape index (κ3) is 6.28. The van der Waals surface area contributed by atoms with Gasteiger partial charge in [-0.05, 0) is 32.2 Å². The zero-order valence-corrected chi connectivity index (χ0v) is 15.0. The van der Waals surface area contributed by atoms with Crippen LogP contribution in [0.15, 0.2) is 0 Å². The van der Waals surface area contributed by atoms with E-state index in [-0.39, 0.29) is 5.60 Å². The molecule has 0 bridgehead atoms. The van der Waals surface area contributed by atoms with Crippen molar-refractivity contribution in [2.45, 2.75) is 103 Å². The first-order valence-electron chi connectivity index (χ1n) is 9.41. The van der Waals surface area contributed by atoms with Gasteiger partial charge in [0.15, 0.2) is 0 Å². The summed E-state index contributed by atoms with van der Waals surface area (Å²) in [6, 6.07) is 0.529. The fourth-order valence-corrected chi connectivity index (χ4v) is 4.16. The molecule has 126 valence electrons. The Hall–Kier alpha value is -0.0800. The topological polar surface area (TPSA) is 21.3 Å². The van der Waals surface area contributed by atoms with Gasteiger partial charge in [-0.15, -0.1) is 0 Å². The number of nitrogens with one attached hydrogen (secondary N) is 1. The van der Waals surface area contributed by atoms with Gasteiger partial charge in [-0.1, -0.05) is 71.6 Å². The largest absolute Gasteiger partial charge is 0.377 e. The maximum absolute atomic E-state index is 6.05. The number of ether oxygens (including phenoxy) is 1. The molecular formula is C19H39NO. The van der Waals surface area contributed by atoms with E-state index in [1.165, 1.54) is 77.0 Å². The van der Waals surface area contributed by atoms with Crippen LogP contribution in [0.2, 0.25) is 0 Å². The molecule has 1 saturated carbocycles. The maximum atomic E-state index is 6.05. The number of likely N-dealkylation sites (N-methyl/N-ethyl adjacent to an activating group) is 1. The van der Waals surface area contributed by atoms with Gasteiger partial charge in [0.25, 0.3) is 0 Å². The van der Waals surface area contributed by atoms with Crippen LogP contribution in [0.5, 0.6) is 0 Å². The lowest BCUT2D eigenvalue weighted by Gasteiger charge is -2.44. The van der Waals surface area contributed by atoms with Gasteiger partial charge in [-0.3, -0.25) is 0 Å². The fourth-order valence-electron chi connectivity index (χ4n) is 4.16. The minimum atomic E-state index is 0.0919. The summed E-state index contributed by atoms with van der Waals surface area (Å²) in [6.07, 6.45) is 16.2. The molecule has 1 aliphatic carbocycles. The number of rotatable bonds is 11. The van der Waals surface area contributed by atoms with Crippen LogP contribution in [0.1, 0.15) is 90.9 Å². The summed E-state index contributed by atoms with van der Waals surface area (Å²) in [5.41, 5.74) is 0.0919. The molecule has 0 aromatic heterocycles. The van der Waals surface area contributed by atoms with Gasteiger partial charge in [0, 0.05) is 13.2 Å². The van der Waals surface area contributed by atoms with Gasteiger partial charge >= 0.3 is 0 Å². The molecule has 21 heavy (non-hydrogen) atoms. The zero-order chi connectivity index (χ0) is 15.6. The second-order valence-electron chi connectivity index (χ2n) is 7.22. The molecule has 3 unspecified atom stereocenters. The minimum absolute atomic E-state index is 0.0919. The predicted molar refractivity (Wildman–Crippen MR) is 92.8 cm³/mol. The lowest BCUT2D eigenvalue weighted by molar-refractivity contribution is -0.0798. The van der Waals surface area contributed by atoms with Crippen LogP contribution in [0.25, 0.3) is 0 Å². The second-order valence-corrected chi connectivity index (χ2v) is 7.22. The summed E-state index contributed by atoms with van der Waals surface area (Å²) in [7, 11) is 4.04. The van der Waals surface area contributed by atoms with E-state index in [9.17, 15) is 0 Å². The molecule has 0 aromatic rings. The average Bonchev–Trinajstić information content (AvgIpc) is 2.50. The van der Waals surface area contributed by atoms with E-state index < -0.39 is 0 Å². The summed E-state index contributed by atoms with van der Waals surface area (Å²) in [4.78, 5) is 0. The number of unbranched alkanes of at least 4 members (excludes halogenated alkanes) is 6. The van der Waals surface area contributed by atoms with Crippen molar-refractivity contribution in [1.82, 2.24) is 5.32 Å². The van der Waals surface area contributed by atoms with E-state index in [2.05, 4.69) is 26.2 Å². The van der Waals surface area contributed by atoms with Crippen LogP contribution in [0.4, 0.5) is 0 Å². The van der Waals surface area contributed by atoms with E-state index >= 15 is 0 Å². The van der Waals surface area contributed by atoms with Gasteiger partial charge in [0.05, 0.1) is 5.60 Å². The van der Waals surface area contributed by atoms with E-state index in [0.29, 0.717) is 6.04 Å². The Morgan fingerprint density at radius 2 is 1.81 bits per heavy atom. The Morgan fingerprint density at radius 3 is 2.38 bits per heavy atom. The van der Waals surface area contributed by atoms with E-state index in [1.807, 2.05) is 7.11 Å². The Kier molecular flexibility index (Phi) is 9.59. The van der Waals surface area contributed by atoms with Crippen LogP contribution >= 0.6 is 0 Å². The lowest BCUT2D eigenvalue weighted by atomic mass is 9.73. The lowest BCUT2D eigenvalue weighted by Crippen LogP contribution is -2.53. The molecule has 0 amide bonds. The van der Waals surface area contributed by atoms with Crippen molar-refractivity contribution in [3.05, 3.63) is 0 Å². The van der Waals surface area contributed by atoms with Gasteiger partial charge < -0.3 is 10.1 Å². The van der Waals surface area contributed by atoms with Crippen LogP contribution < -0.4 is 5.32 Å². The first-order chi connectivity index (χ1) is 10.2. The third-order valence-corrected chi connectivity index (χ3v) is 5.48.